The Hall–Kier alpha value is -1.48. The molecule has 1 unspecified atom stereocenters. The second kappa shape index (κ2) is 7.19. The van der Waals surface area contributed by atoms with Gasteiger partial charge in [0.15, 0.2) is 0 Å². The van der Waals surface area contributed by atoms with Gasteiger partial charge in [-0.05, 0) is 32.4 Å². The number of amides is 1. The highest BCUT2D eigenvalue weighted by Crippen LogP contribution is 2.26. The molecule has 3 nitrogen and oxygen atoms in total. The van der Waals surface area contributed by atoms with E-state index in [9.17, 15) is 4.79 Å². The van der Waals surface area contributed by atoms with Crippen molar-refractivity contribution in [1.29, 1.82) is 0 Å². The van der Waals surface area contributed by atoms with Gasteiger partial charge in [0.05, 0.1) is 0 Å². The van der Waals surface area contributed by atoms with Crippen LogP contribution in [-0.4, -0.2) is 24.4 Å². The largest absolute Gasteiger partial charge is 0.382 e. The Kier molecular flexibility index (Phi) is 5.90. The Labute approximate surface area is 120 Å². The maximum atomic E-state index is 11.0. The maximum absolute atomic E-state index is 11.0. The molecule has 0 aromatic heterocycles. The van der Waals surface area contributed by atoms with E-state index in [2.05, 4.69) is 23.6 Å². The fourth-order valence-electron chi connectivity index (χ4n) is 2.08. The second-order valence-electron chi connectivity index (χ2n) is 4.63. The lowest BCUT2D eigenvalue weighted by Gasteiger charge is -2.35. The Morgan fingerprint density at radius 1 is 1.58 bits per heavy atom. The van der Waals surface area contributed by atoms with E-state index >= 15 is 0 Å². The summed E-state index contributed by atoms with van der Waals surface area (Å²) in [6.45, 7) is 6.78. The quantitative estimate of drug-likeness (QED) is 0.446. The van der Waals surface area contributed by atoms with E-state index < -0.39 is 5.54 Å². The molecular weight excluding hydrogens is 260 g/mol. The van der Waals surface area contributed by atoms with Gasteiger partial charge in [0.1, 0.15) is 5.54 Å². The first-order valence-corrected chi connectivity index (χ1v) is 6.84. The molecule has 0 radical (unpaired) electrons. The normalized spacial score (nSPS) is 19.3. The number of carbonyl (C=O) groups excluding carboxylic acids is 1. The van der Waals surface area contributed by atoms with Crippen molar-refractivity contribution in [2.75, 3.05) is 12.4 Å². The molecule has 0 aliphatic carbocycles. The highest BCUT2D eigenvalue weighted by Gasteiger charge is 2.31. The molecule has 1 rings (SSSR count). The predicted molar refractivity (Wildman–Crippen MR) is 81.1 cm³/mol. The molecule has 1 atom stereocenters. The first-order valence-electron chi connectivity index (χ1n) is 6.31. The van der Waals surface area contributed by atoms with Gasteiger partial charge in [-0.3, -0.25) is 4.79 Å². The highest BCUT2D eigenvalue weighted by molar-refractivity contribution is 6.18. The molecule has 0 spiro atoms. The molecule has 4 heteroatoms. The van der Waals surface area contributed by atoms with Crippen LogP contribution in [0, 0.1) is 0 Å². The van der Waals surface area contributed by atoms with Crippen molar-refractivity contribution in [3.8, 4) is 0 Å². The molecule has 1 aliphatic rings. The summed E-state index contributed by atoms with van der Waals surface area (Å²) in [5, 5.41) is 6.25. The Morgan fingerprint density at radius 2 is 2.32 bits per heavy atom. The number of halogens is 1. The molecule has 2 N–H and O–H groups in total. The van der Waals surface area contributed by atoms with Crippen LogP contribution in [0.2, 0.25) is 0 Å². The number of carbonyl (C=O) groups is 1. The fourth-order valence-corrected chi connectivity index (χ4v) is 2.17. The number of hydrogen-bond acceptors (Lipinski definition) is 2. The van der Waals surface area contributed by atoms with Crippen LogP contribution in [0.4, 0.5) is 0 Å². The third kappa shape index (κ3) is 3.74. The molecule has 0 fully saturated rings. The van der Waals surface area contributed by atoms with Gasteiger partial charge in [-0.2, -0.15) is 0 Å². The highest BCUT2D eigenvalue weighted by atomic mass is 35.5. The summed E-state index contributed by atoms with van der Waals surface area (Å²) in [6.07, 6.45) is 10.6. The van der Waals surface area contributed by atoms with Crippen LogP contribution in [0.5, 0.6) is 0 Å². The van der Waals surface area contributed by atoms with Crippen molar-refractivity contribution >= 4 is 18.0 Å². The van der Waals surface area contributed by atoms with Crippen LogP contribution in [-0.2, 0) is 4.79 Å². The van der Waals surface area contributed by atoms with Gasteiger partial charge in [0.25, 0.3) is 0 Å². The van der Waals surface area contributed by atoms with Gasteiger partial charge >= 0.3 is 0 Å². The number of hydrogen-bond donors (Lipinski definition) is 2. The third-order valence-electron chi connectivity index (χ3n) is 3.25. The molecule has 104 valence electrons. The van der Waals surface area contributed by atoms with E-state index in [4.69, 9.17) is 11.6 Å². The minimum Gasteiger partial charge on any atom is -0.382 e. The molecule has 0 bridgehead atoms. The molecule has 0 saturated heterocycles. The summed E-state index contributed by atoms with van der Waals surface area (Å²) >= 11 is 5.69. The van der Waals surface area contributed by atoms with Crippen LogP contribution >= 0.6 is 11.6 Å². The first-order chi connectivity index (χ1) is 9.08. The van der Waals surface area contributed by atoms with Crippen molar-refractivity contribution in [3.05, 3.63) is 47.2 Å². The van der Waals surface area contributed by atoms with Crippen molar-refractivity contribution in [1.82, 2.24) is 10.6 Å². The zero-order valence-corrected chi connectivity index (χ0v) is 12.4. The zero-order valence-electron chi connectivity index (χ0n) is 11.7. The molecular formula is C15H21ClN2O. The predicted octanol–water partition coefficient (Wildman–Crippen LogP) is 2.67. The summed E-state index contributed by atoms with van der Waals surface area (Å²) in [7, 11) is 0. The summed E-state index contributed by atoms with van der Waals surface area (Å²) in [4.78, 5) is 11.0. The lowest BCUT2D eigenvalue weighted by Crippen LogP contribution is -2.49. The van der Waals surface area contributed by atoms with Crippen LogP contribution in [0.1, 0.15) is 20.8 Å². The van der Waals surface area contributed by atoms with Gasteiger partial charge in [-0.1, -0.05) is 29.9 Å². The first kappa shape index (κ1) is 15.6. The molecule has 0 aromatic rings. The number of alkyl halides is 1. The van der Waals surface area contributed by atoms with Crippen molar-refractivity contribution in [2.24, 2.45) is 0 Å². The average molecular weight is 281 g/mol. The van der Waals surface area contributed by atoms with E-state index in [0.717, 1.165) is 24.2 Å². The fraction of sp³-hybridized carbons (Fsp3) is 0.400. The minimum absolute atomic E-state index is 0.444. The summed E-state index contributed by atoms with van der Waals surface area (Å²) in [5.41, 5.74) is 2.65. The van der Waals surface area contributed by atoms with Crippen LogP contribution in [0.3, 0.4) is 0 Å². The third-order valence-corrected chi connectivity index (χ3v) is 3.43. The van der Waals surface area contributed by atoms with E-state index in [-0.39, 0.29) is 0 Å². The smallest absolute Gasteiger partial charge is 0.208 e. The molecule has 1 heterocycles. The van der Waals surface area contributed by atoms with E-state index in [1.54, 1.807) is 0 Å². The maximum Gasteiger partial charge on any atom is 0.208 e. The number of allylic oxidation sites excluding steroid dienone is 4. The van der Waals surface area contributed by atoms with Crippen molar-refractivity contribution in [2.45, 2.75) is 26.3 Å². The summed E-state index contributed by atoms with van der Waals surface area (Å²) < 4.78 is 0. The van der Waals surface area contributed by atoms with Crippen molar-refractivity contribution < 1.29 is 4.79 Å². The monoisotopic (exact) mass is 280 g/mol. The standard InChI is InChI=1S/C15H21ClN2O/c1-4-13(6-5-9-16)15(3,18-11-19)14-8-7-12(2)10-17-14/h4-8,11,17H,9-10H2,1-3H3,(H,18,19)/b6-5-,13-4+. The average Bonchev–Trinajstić information content (AvgIpc) is 2.40. The molecule has 19 heavy (non-hydrogen) atoms. The van der Waals surface area contributed by atoms with Crippen LogP contribution in [0.25, 0.3) is 0 Å². The molecule has 0 aromatic carbocycles. The van der Waals surface area contributed by atoms with E-state index in [0.29, 0.717) is 5.88 Å². The summed E-state index contributed by atoms with van der Waals surface area (Å²) in [6, 6.07) is 0. The number of dihydropyridines is 1. The molecule has 1 aliphatic heterocycles. The molecule has 0 saturated carbocycles. The lowest BCUT2D eigenvalue weighted by atomic mass is 9.86. The van der Waals surface area contributed by atoms with Crippen LogP contribution in [0.15, 0.2) is 47.2 Å². The van der Waals surface area contributed by atoms with Gasteiger partial charge < -0.3 is 10.6 Å². The SMILES string of the molecule is C/C=C(\C=C/CCl)C(C)(NC=O)C1=CC=C(C)CN1. The Balaban J connectivity index is 3.15. The second-order valence-corrected chi connectivity index (χ2v) is 4.94. The molecule has 1 amide bonds. The van der Waals surface area contributed by atoms with E-state index in [1.807, 2.05) is 38.2 Å². The van der Waals surface area contributed by atoms with Crippen LogP contribution < -0.4 is 10.6 Å². The topological polar surface area (TPSA) is 41.1 Å². The zero-order chi connectivity index (χ0) is 14.3. The Morgan fingerprint density at radius 3 is 2.79 bits per heavy atom. The van der Waals surface area contributed by atoms with Gasteiger partial charge in [-0.15, -0.1) is 11.6 Å². The van der Waals surface area contributed by atoms with Gasteiger partial charge in [0, 0.05) is 18.1 Å². The van der Waals surface area contributed by atoms with E-state index in [1.165, 1.54) is 5.57 Å². The van der Waals surface area contributed by atoms with Gasteiger partial charge in [-0.25, -0.2) is 0 Å². The Bertz CT molecular complexity index is 449. The minimum atomic E-state index is -0.573. The number of rotatable bonds is 6. The summed E-state index contributed by atoms with van der Waals surface area (Å²) in [5.74, 6) is 0.444. The lowest BCUT2D eigenvalue weighted by molar-refractivity contribution is -0.110. The van der Waals surface area contributed by atoms with Crippen molar-refractivity contribution in [3.63, 3.8) is 0 Å². The number of nitrogens with one attached hydrogen (secondary N) is 2. The van der Waals surface area contributed by atoms with Gasteiger partial charge in [0.2, 0.25) is 6.41 Å².